The maximum atomic E-state index is 13.1. The average molecular weight is 608 g/mol. The number of carbonyl (C=O) groups excluding carboxylic acids is 2. The minimum absolute atomic E-state index is 0.188. The summed E-state index contributed by atoms with van der Waals surface area (Å²) in [5.41, 5.74) is 18.5. The number of nitrogen functional groups attached to an aromatic ring is 2. The summed E-state index contributed by atoms with van der Waals surface area (Å²) >= 11 is -0.376. The predicted octanol–water partition coefficient (Wildman–Crippen LogP) is 3.25. The van der Waals surface area contributed by atoms with Crippen molar-refractivity contribution < 1.29 is 9.59 Å². The molecule has 182 valence electrons. The molecule has 0 atom stereocenters. The number of anilines is 4. The normalized spacial score (nSPS) is 10.6. The molecule has 0 aliphatic carbocycles. The number of carbonyl (C=O) groups is 2. The molecule has 0 aliphatic rings. The van der Waals surface area contributed by atoms with Crippen LogP contribution in [-0.2, 0) is 0 Å². The summed E-state index contributed by atoms with van der Waals surface area (Å²) in [5, 5.41) is 5.91. The van der Waals surface area contributed by atoms with Crippen LogP contribution in [0.1, 0.15) is 31.8 Å². The minimum atomic E-state index is -0.211. The number of rotatable bonds is 7. The van der Waals surface area contributed by atoms with Gasteiger partial charge in [0.05, 0.1) is 0 Å². The van der Waals surface area contributed by atoms with Gasteiger partial charge in [-0.15, -0.1) is 0 Å². The first-order valence-corrected chi connectivity index (χ1v) is 17.2. The van der Waals surface area contributed by atoms with Crippen LogP contribution in [0.3, 0.4) is 0 Å². The Morgan fingerprint density at radius 2 is 0.944 bits per heavy atom. The van der Waals surface area contributed by atoms with Gasteiger partial charge in [-0.1, -0.05) is 0 Å². The SMILES string of the molecule is Cc1ccc(NC(=O)c2cccc(N)c2[Se][Se]c2c(N)cccc2C(=O)Nc2ccc(C)cc2)cc1. The molecule has 0 saturated heterocycles. The third-order valence-corrected chi connectivity index (χ3v) is 12.7. The monoisotopic (exact) mass is 610 g/mol. The molecule has 2 amide bonds. The zero-order valence-corrected chi connectivity index (χ0v) is 23.3. The van der Waals surface area contributed by atoms with Gasteiger partial charge in [-0.2, -0.15) is 0 Å². The fraction of sp³-hybridized carbons (Fsp3) is 0.0714. The zero-order valence-electron chi connectivity index (χ0n) is 19.9. The first-order chi connectivity index (χ1) is 17.3. The molecule has 0 spiro atoms. The average Bonchev–Trinajstić information content (AvgIpc) is 2.86. The van der Waals surface area contributed by atoms with E-state index in [1.807, 2.05) is 62.4 Å². The second-order valence-electron chi connectivity index (χ2n) is 8.25. The van der Waals surface area contributed by atoms with Gasteiger partial charge >= 0.3 is 222 Å². The van der Waals surface area contributed by atoms with E-state index in [9.17, 15) is 9.59 Å². The van der Waals surface area contributed by atoms with Gasteiger partial charge in [0.25, 0.3) is 0 Å². The van der Waals surface area contributed by atoms with Crippen molar-refractivity contribution in [1.82, 2.24) is 0 Å². The standard InChI is InChI=1S/C28H26N4O2Se2/c1-17-9-13-19(14-10-17)31-27(33)21-5-3-7-23(29)25(21)35-36-26-22(6-4-8-24(26)30)28(34)32-20-15-11-18(2)12-16-20/h3-16H,29-30H2,1-2H3,(H,31,33)(H,32,34). The van der Waals surface area contributed by atoms with Gasteiger partial charge in [0.2, 0.25) is 0 Å². The van der Waals surface area contributed by atoms with Crippen LogP contribution in [0.5, 0.6) is 0 Å². The van der Waals surface area contributed by atoms with Crippen LogP contribution in [0.25, 0.3) is 0 Å². The number of hydrogen-bond donors (Lipinski definition) is 4. The topological polar surface area (TPSA) is 110 Å². The number of nitrogens with two attached hydrogens (primary N) is 2. The number of amides is 2. The van der Waals surface area contributed by atoms with E-state index in [0.29, 0.717) is 22.5 Å². The van der Waals surface area contributed by atoms with E-state index < -0.39 is 0 Å². The molecule has 4 aromatic carbocycles. The molecule has 4 rings (SSSR count). The molecule has 0 bridgehead atoms. The molecule has 0 radical (unpaired) electrons. The van der Waals surface area contributed by atoms with Crippen molar-refractivity contribution in [3.8, 4) is 0 Å². The van der Waals surface area contributed by atoms with Crippen molar-refractivity contribution in [1.29, 1.82) is 0 Å². The Bertz CT molecular complexity index is 1300. The van der Waals surface area contributed by atoms with Crippen LogP contribution >= 0.6 is 0 Å². The molecule has 0 aromatic heterocycles. The molecule has 0 saturated carbocycles. The fourth-order valence-corrected chi connectivity index (χ4v) is 11.4. The van der Waals surface area contributed by atoms with E-state index in [1.54, 1.807) is 36.4 Å². The van der Waals surface area contributed by atoms with Gasteiger partial charge in [-0.25, -0.2) is 0 Å². The summed E-state index contributed by atoms with van der Waals surface area (Å²) in [5.74, 6) is -0.422. The Kier molecular flexibility index (Phi) is 8.14. The Balaban J connectivity index is 1.56. The molecule has 0 unspecified atom stereocenters. The quantitative estimate of drug-likeness (QED) is 0.191. The van der Waals surface area contributed by atoms with Crippen molar-refractivity contribution in [2.45, 2.75) is 13.8 Å². The summed E-state index contributed by atoms with van der Waals surface area (Å²) in [4.78, 5) is 26.2. The van der Waals surface area contributed by atoms with E-state index in [-0.39, 0.29) is 38.1 Å². The third kappa shape index (κ3) is 6.17. The second-order valence-corrected chi connectivity index (χ2v) is 14.3. The summed E-state index contributed by atoms with van der Waals surface area (Å²) < 4.78 is 1.62. The Hall–Kier alpha value is -3.54. The molecule has 8 heteroatoms. The van der Waals surface area contributed by atoms with Crippen LogP contribution in [-0.4, -0.2) is 38.1 Å². The van der Waals surface area contributed by atoms with Crippen molar-refractivity contribution in [3.05, 3.63) is 107 Å². The number of benzene rings is 4. The van der Waals surface area contributed by atoms with Gasteiger partial charge in [-0.05, 0) is 0 Å². The molecular weight excluding hydrogens is 582 g/mol. The molecule has 36 heavy (non-hydrogen) atoms. The summed E-state index contributed by atoms with van der Waals surface area (Å²) in [6, 6.07) is 26.0. The number of aryl methyl sites for hydroxylation is 2. The third-order valence-electron chi connectivity index (χ3n) is 5.41. The number of nitrogens with one attached hydrogen (secondary N) is 2. The van der Waals surface area contributed by atoms with Crippen LogP contribution in [0.15, 0.2) is 84.9 Å². The van der Waals surface area contributed by atoms with E-state index in [4.69, 9.17) is 11.5 Å². The van der Waals surface area contributed by atoms with Crippen molar-refractivity contribution in [2.24, 2.45) is 0 Å². The molecule has 0 fully saturated rings. The first-order valence-electron chi connectivity index (χ1n) is 11.2. The zero-order chi connectivity index (χ0) is 25.7. The van der Waals surface area contributed by atoms with E-state index in [1.165, 1.54) is 0 Å². The van der Waals surface area contributed by atoms with Crippen LogP contribution in [0.2, 0.25) is 0 Å². The summed E-state index contributed by atoms with van der Waals surface area (Å²) in [6.07, 6.45) is 0. The molecule has 0 heterocycles. The number of hydrogen-bond acceptors (Lipinski definition) is 4. The predicted molar refractivity (Wildman–Crippen MR) is 151 cm³/mol. The van der Waals surface area contributed by atoms with Crippen molar-refractivity contribution in [2.75, 3.05) is 22.1 Å². The summed E-state index contributed by atoms with van der Waals surface area (Å²) in [7, 11) is 0. The van der Waals surface area contributed by atoms with Crippen LogP contribution < -0.4 is 31.0 Å². The fourth-order valence-electron chi connectivity index (χ4n) is 3.41. The Morgan fingerprint density at radius 1 is 0.583 bits per heavy atom. The Morgan fingerprint density at radius 3 is 1.31 bits per heavy atom. The molecule has 0 aliphatic heterocycles. The van der Waals surface area contributed by atoms with E-state index in [0.717, 1.165) is 31.4 Å². The van der Waals surface area contributed by atoms with Gasteiger partial charge in [0, 0.05) is 0 Å². The Labute approximate surface area is 221 Å². The molecular formula is C28H26N4O2Se2. The van der Waals surface area contributed by atoms with Gasteiger partial charge in [0.15, 0.2) is 0 Å². The summed E-state index contributed by atoms with van der Waals surface area (Å²) in [6.45, 7) is 3.99. The second kappa shape index (κ2) is 11.5. The maximum absolute atomic E-state index is 13.1. The molecule has 6 nitrogen and oxygen atoms in total. The molecule has 6 N–H and O–H groups in total. The van der Waals surface area contributed by atoms with Crippen LogP contribution in [0, 0.1) is 13.8 Å². The van der Waals surface area contributed by atoms with E-state index in [2.05, 4.69) is 10.6 Å². The van der Waals surface area contributed by atoms with Gasteiger partial charge in [0.1, 0.15) is 0 Å². The molecule has 4 aromatic rings. The first kappa shape index (κ1) is 25.5. The van der Waals surface area contributed by atoms with E-state index >= 15 is 0 Å². The van der Waals surface area contributed by atoms with Crippen molar-refractivity contribution in [3.63, 3.8) is 0 Å². The van der Waals surface area contributed by atoms with Gasteiger partial charge in [-0.3, -0.25) is 0 Å². The van der Waals surface area contributed by atoms with Crippen molar-refractivity contribution >= 4 is 69.8 Å². The van der Waals surface area contributed by atoms with Crippen LogP contribution in [0.4, 0.5) is 22.7 Å². The van der Waals surface area contributed by atoms with Gasteiger partial charge < -0.3 is 0 Å².